The van der Waals surface area contributed by atoms with Crippen molar-refractivity contribution in [1.82, 2.24) is 5.32 Å². The van der Waals surface area contributed by atoms with Crippen LogP contribution in [-0.4, -0.2) is 23.1 Å². The van der Waals surface area contributed by atoms with E-state index in [0.29, 0.717) is 22.1 Å². The van der Waals surface area contributed by atoms with Crippen LogP contribution in [0.25, 0.3) is 0 Å². The molecule has 1 atom stereocenters. The Labute approximate surface area is 131 Å². The molecule has 0 saturated carbocycles. The summed E-state index contributed by atoms with van der Waals surface area (Å²) in [5, 5.41) is 13.9. The monoisotopic (exact) mass is 360 g/mol. The zero-order valence-electron chi connectivity index (χ0n) is 12.0. The second kappa shape index (κ2) is 7.40. The number of aryl methyl sites for hydroxylation is 1. The molecule has 1 aromatic rings. The smallest absolute Gasteiger partial charge is 0.326 e. The Hall–Kier alpha value is -1.63. The lowest BCUT2D eigenvalue weighted by molar-refractivity contribution is -0.139. The standard InChI is InChI=1S/C14H18BrFN2O3/c1-7(2)4-12(13(19)20)18-14(21)17-11-6-10(16)9(15)5-8(11)3/h5-7,12H,4H2,1-3H3,(H,19,20)(H2,17,18,21)/t12-/m1/s1. The molecule has 0 spiro atoms. The van der Waals surface area contributed by atoms with E-state index < -0.39 is 23.9 Å². The molecule has 7 heteroatoms. The number of aliphatic carboxylic acids is 1. The summed E-state index contributed by atoms with van der Waals surface area (Å²) < 4.78 is 13.8. The molecule has 3 N–H and O–H groups in total. The van der Waals surface area contributed by atoms with Gasteiger partial charge in [0.1, 0.15) is 11.9 Å². The van der Waals surface area contributed by atoms with Crippen LogP contribution in [0.4, 0.5) is 14.9 Å². The van der Waals surface area contributed by atoms with Crippen molar-refractivity contribution in [3.05, 3.63) is 28.0 Å². The number of carbonyl (C=O) groups excluding carboxylic acids is 1. The molecule has 1 aromatic carbocycles. The molecule has 0 radical (unpaired) electrons. The molecule has 0 bridgehead atoms. The third kappa shape index (κ3) is 5.34. The number of hydrogen-bond donors (Lipinski definition) is 3. The van der Waals surface area contributed by atoms with Gasteiger partial charge in [-0.25, -0.2) is 14.0 Å². The minimum absolute atomic E-state index is 0.123. The van der Waals surface area contributed by atoms with E-state index in [0.717, 1.165) is 0 Å². The summed E-state index contributed by atoms with van der Waals surface area (Å²) in [6.45, 7) is 5.44. The van der Waals surface area contributed by atoms with Crippen LogP contribution in [0, 0.1) is 18.7 Å². The van der Waals surface area contributed by atoms with Crippen molar-refractivity contribution >= 4 is 33.6 Å². The van der Waals surface area contributed by atoms with E-state index in [2.05, 4.69) is 26.6 Å². The fourth-order valence-electron chi connectivity index (χ4n) is 1.79. The van der Waals surface area contributed by atoms with Gasteiger partial charge >= 0.3 is 12.0 Å². The van der Waals surface area contributed by atoms with E-state index in [4.69, 9.17) is 5.11 Å². The Kier molecular flexibility index (Phi) is 6.14. The topological polar surface area (TPSA) is 78.4 Å². The third-order valence-electron chi connectivity index (χ3n) is 2.83. The SMILES string of the molecule is Cc1cc(Br)c(F)cc1NC(=O)N[C@H](CC(C)C)C(=O)O. The van der Waals surface area contributed by atoms with E-state index >= 15 is 0 Å². The lowest BCUT2D eigenvalue weighted by Crippen LogP contribution is -2.43. The molecule has 5 nitrogen and oxygen atoms in total. The number of carboxylic acids is 1. The average molecular weight is 361 g/mol. The maximum absolute atomic E-state index is 13.5. The number of carboxylic acid groups (broad SMARTS) is 1. The van der Waals surface area contributed by atoms with E-state index in [-0.39, 0.29) is 5.92 Å². The third-order valence-corrected chi connectivity index (χ3v) is 3.43. The largest absolute Gasteiger partial charge is 0.480 e. The first-order chi connectivity index (χ1) is 9.70. The van der Waals surface area contributed by atoms with Gasteiger partial charge in [0, 0.05) is 5.69 Å². The molecule has 21 heavy (non-hydrogen) atoms. The van der Waals surface area contributed by atoms with Crippen LogP contribution in [0.2, 0.25) is 0 Å². The molecule has 0 saturated heterocycles. The maximum atomic E-state index is 13.5. The molecule has 116 valence electrons. The van der Waals surface area contributed by atoms with Crippen molar-refractivity contribution in [1.29, 1.82) is 0 Å². The van der Waals surface area contributed by atoms with Gasteiger partial charge in [-0.1, -0.05) is 13.8 Å². The van der Waals surface area contributed by atoms with Crippen LogP contribution >= 0.6 is 15.9 Å². The molecule has 0 unspecified atom stereocenters. The van der Waals surface area contributed by atoms with Gasteiger partial charge in [0.05, 0.1) is 4.47 Å². The first-order valence-electron chi connectivity index (χ1n) is 6.46. The minimum Gasteiger partial charge on any atom is -0.480 e. The maximum Gasteiger partial charge on any atom is 0.326 e. The first kappa shape index (κ1) is 17.4. The quantitative estimate of drug-likeness (QED) is 0.751. The van der Waals surface area contributed by atoms with Crippen molar-refractivity contribution in [3.63, 3.8) is 0 Å². The number of halogens is 2. The summed E-state index contributed by atoms with van der Waals surface area (Å²) in [6, 6.07) is 1.06. The van der Waals surface area contributed by atoms with Crippen LogP contribution in [0.3, 0.4) is 0 Å². The lowest BCUT2D eigenvalue weighted by atomic mass is 10.0. The Bertz CT molecular complexity index is 549. The molecule has 0 aliphatic carbocycles. The fourth-order valence-corrected chi connectivity index (χ4v) is 2.25. The Morgan fingerprint density at radius 2 is 2.00 bits per heavy atom. The molecule has 0 heterocycles. The second-order valence-electron chi connectivity index (χ2n) is 5.20. The van der Waals surface area contributed by atoms with Gasteiger partial charge in [-0.2, -0.15) is 0 Å². The first-order valence-corrected chi connectivity index (χ1v) is 7.26. The van der Waals surface area contributed by atoms with E-state index in [1.165, 1.54) is 12.1 Å². The van der Waals surface area contributed by atoms with Crippen molar-refractivity contribution < 1.29 is 19.1 Å². The van der Waals surface area contributed by atoms with Crippen molar-refractivity contribution in [2.75, 3.05) is 5.32 Å². The normalized spacial score (nSPS) is 12.1. The minimum atomic E-state index is -1.10. The fraction of sp³-hybridized carbons (Fsp3) is 0.429. The highest BCUT2D eigenvalue weighted by Gasteiger charge is 2.21. The number of rotatable bonds is 5. The average Bonchev–Trinajstić information content (AvgIpc) is 2.34. The number of carbonyl (C=O) groups is 2. The van der Waals surface area contributed by atoms with Crippen molar-refractivity contribution in [2.24, 2.45) is 5.92 Å². The summed E-state index contributed by atoms with van der Waals surface area (Å²) in [6.07, 6.45) is 0.316. The predicted octanol–water partition coefficient (Wildman–Crippen LogP) is 3.52. The van der Waals surface area contributed by atoms with Gasteiger partial charge in [-0.05, 0) is 52.9 Å². The Balaban J connectivity index is 2.77. The highest BCUT2D eigenvalue weighted by atomic mass is 79.9. The van der Waals surface area contributed by atoms with Crippen molar-refractivity contribution in [3.8, 4) is 0 Å². The number of amides is 2. The molecule has 0 aromatic heterocycles. The van der Waals surface area contributed by atoms with Gasteiger partial charge < -0.3 is 15.7 Å². The number of benzene rings is 1. The molecule has 0 fully saturated rings. The second-order valence-corrected chi connectivity index (χ2v) is 6.05. The molecular formula is C14H18BrFN2O3. The highest BCUT2D eigenvalue weighted by Crippen LogP contribution is 2.23. The van der Waals surface area contributed by atoms with Gasteiger partial charge in [-0.3, -0.25) is 0 Å². The van der Waals surface area contributed by atoms with Crippen LogP contribution in [0.15, 0.2) is 16.6 Å². The van der Waals surface area contributed by atoms with Crippen LogP contribution in [-0.2, 0) is 4.79 Å². The summed E-state index contributed by atoms with van der Waals surface area (Å²) in [5.74, 6) is -1.48. The molecule has 1 rings (SSSR count). The Morgan fingerprint density at radius 3 is 2.52 bits per heavy atom. The number of hydrogen-bond acceptors (Lipinski definition) is 2. The predicted molar refractivity (Wildman–Crippen MR) is 81.9 cm³/mol. The summed E-state index contributed by atoms with van der Waals surface area (Å²) in [4.78, 5) is 22.9. The zero-order chi connectivity index (χ0) is 16.2. The molecule has 0 aliphatic rings. The van der Waals surface area contributed by atoms with Gasteiger partial charge in [0.25, 0.3) is 0 Å². The highest BCUT2D eigenvalue weighted by molar-refractivity contribution is 9.10. The van der Waals surface area contributed by atoms with Gasteiger partial charge in [0.15, 0.2) is 0 Å². The summed E-state index contributed by atoms with van der Waals surface area (Å²) >= 11 is 3.05. The van der Waals surface area contributed by atoms with Gasteiger partial charge in [-0.15, -0.1) is 0 Å². The molecule has 2 amide bonds. The van der Waals surface area contributed by atoms with E-state index in [1.807, 2.05) is 13.8 Å². The molecular weight excluding hydrogens is 343 g/mol. The van der Waals surface area contributed by atoms with Gasteiger partial charge in [0.2, 0.25) is 0 Å². The number of nitrogens with one attached hydrogen (secondary N) is 2. The van der Waals surface area contributed by atoms with E-state index in [1.54, 1.807) is 6.92 Å². The van der Waals surface area contributed by atoms with E-state index in [9.17, 15) is 14.0 Å². The number of urea groups is 1. The lowest BCUT2D eigenvalue weighted by Gasteiger charge is -2.17. The summed E-state index contributed by atoms with van der Waals surface area (Å²) in [7, 11) is 0. The molecule has 0 aliphatic heterocycles. The van der Waals surface area contributed by atoms with Crippen molar-refractivity contribution in [2.45, 2.75) is 33.2 Å². The van der Waals surface area contributed by atoms with Crippen LogP contribution < -0.4 is 10.6 Å². The van der Waals surface area contributed by atoms with Crippen LogP contribution in [0.5, 0.6) is 0 Å². The number of anilines is 1. The zero-order valence-corrected chi connectivity index (χ0v) is 13.6. The summed E-state index contributed by atoms with van der Waals surface area (Å²) in [5.41, 5.74) is 0.955. The van der Waals surface area contributed by atoms with Crippen LogP contribution in [0.1, 0.15) is 25.8 Å². The Morgan fingerprint density at radius 1 is 1.38 bits per heavy atom.